The van der Waals surface area contributed by atoms with Gasteiger partial charge in [0.1, 0.15) is 12.4 Å². The highest BCUT2D eigenvalue weighted by molar-refractivity contribution is 5.94. The van der Waals surface area contributed by atoms with Crippen LogP contribution in [-0.4, -0.2) is 5.78 Å². The summed E-state index contributed by atoms with van der Waals surface area (Å²) in [5, 5.41) is 0. The molecule has 0 saturated heterocycles. The van der Waals surface area contributed by atoms with E-state index in [1.807, 2.05) is 0 Å². The molecule has 0 amide bonds. The molecule has 2 rings (SSSR count). The molecule has 0 atom stereocenters. The van der Waals surface area contributed by atoms with Crippen molar-refractivity contribution in [2.75, 3.05) is 0 Å². The Morgan fingerprint density at radius 1 is 1.20 bits per heavy atom. The summed E-state index contributed by atoms with van der Waals surface area (Å²) in [6.45, 7) is 3.21. The van der Waals surface area contributed by atoms with Crippen molar-refractivity contribution in [2.24, 2.45) is 0 Å². The third-order valence-corrected chi connectivity index (χ3v) is 3.00. The lowest BCUT2D eigenvalue weighted by Crippen LogP contribution is -2.02. The fourth-order valence-corrected chi connectivity index (χ4v) is 1.85. The average molecular weight is 276 g/mol. The van der Waals surface area contributed by atoms with E-state index in [1.165, 1.54) is 19.1 Å². The Hall–Kier alpha value is -2.23. The molecule has 20 heavy (non-hydrogen) atoms. The molecule has 2 aromatic rings. The van der Waals surface area contributed by atoms with Crippen LogP contribution in [0.3, 0.4) is 0 Å². The van der Waals surface area contributed by atoms with Crippen molar-refractivity contribution in [3.63, 3.8) is 0 Å². The first-order chi connectivity index (χ1) is 9.49. The fraction of sp³-hybridized carbons (Fsp3) is 0.188. The van der Waals surface area contributed by atoms with Gasteiger partial charge in [0.25, 0.3) is 0 Å². The third-order valence-electron chi connectivity index (χ3n) is 3.00. The van der Waals surface area contributed by atoms with Crippen LogP contribution in [0.2, 0.25) is 0 Å². The Labute approximate surface area is 116 Å². The van der Waals surface area contributed by atoms with Crippen molar-refractivity contribution in [1.82, 2.24) is 0 Å². The molecule has 0 spiro atoms. The summed E-state index contributed by atoms with van der Waals surface area (Å²) in [5.41, 5.74) is 1.52. The van der Waals surface area contributed by atoms with Gasteiger partial charge in [-0.3, -0.25) is 4.79 Å². The Bertz CT molecular complexity index is 651. The van der Waals surface area contributed by atoms with Gasteiger partial charge in [0, 0.05) is 11.1 Å². The molecule has 0 aliphatic carbocycles. The molecule has 2 aromatic carbocycles. The quantitative estimate of drug-likeness (QED) is 0.787. The van der Waals surface area contributed by atoms with Gasteiger partial charge in [-0.2, -0.15) is 0 Å². The molecule has 0 aromatic heterocycles. The van der Waals surface area contributed by atoms with Gasteiger partial charge in [-0.05, 0) is 43.7 Å². The summed E-state index contributed by atoms with van der Waals surface area (Å²) in [7, 11) is 0. The minimum Gasteiger partial charge on any atom is -0.489 e. The molecule has 0 aliphatic rings. The Kier molecular flexibility index (Phi) is 4.13. The van der Waals surface area contributed by atoms with E-state index in [0.717, 1.165) is 11.6 Å². The number of aryl methyl sites for hydroxylation is 1. The van der Waals surface area contributed by atoms with Gasteiger partial charge in [-0.1, -0.05) is 12.1 Å². The van der Waals surface area contributed by atoms with Crippen LogP contribution in [0, 0.1) is 18.6 Å². The highest BCUT2D eigenvalue weighted by Gasteiger charge is 2.09. The number of halogens is 2. The number of carbonyl (C=O) groups is 1. The highest BCUT2D eigenvalue weighted by Crippen LogP contribution is 2.21. The molecule has 0 unspecified atom stereocenters. The second kappa shape index (κ2) is 5.82. The van der Waals surface area contributed by atoms with Crippen LogP contribution < -0.4 is 4.74 Å². The van der Waals surface area contributed by atoms with Crippen molar-refractivity contribution < 1.29 is 18.3 Å². The van der Waals surface area contributed by atoms with Gasteiger partial charge in [-0.25, -0.2) is 8.78 Å². The molecule has 0 fully saturated rings. The molecule has 0 N–H and O–H groups in total. The van der Waals surface area contributed by atoms with Gasteiger partial charge < -0.3 is 4.74 Å². The number of hydrogen-bond donors (Lipinski definition) is 0. The standard InChI is InChI=1S/C16H14F2O2/c1-10-8-12(11(2)19)6-7-15(10)20-9-13-4-3-5-14(17)16(13)18/h3-8H,9H2,1-2H3. The zero-order valence-electron chi connectivity index (χ0n) is 11.2. The van der Waals surface area contributed by atoms with Gasteiger partial charge in [-0.15, -0.1) is 0 Å². The smallest absolute Gasteiger partial charge is 0.165 e. The third kappa shape index (κ3) is 3.02. The molecule has 0 heterocycles. The first-order valence-corrected chi connectivity index (χ1v) is 6.16. The number of rotatable bonds is 4. The Balaban J connectivity index is 2.15. The first kappa shape index (κ1) is 14.2. The second-order valence-electron chi connectivity index (χ2n) is 4.54. The maximum Gasteiger partial charge on any atom is 0.165 e. The van der Waals surface area contributed by atoms with E-state index in [-0.39, 0.29) is 18.0 Å². The molecule has 0 radical (unpaired) electrons. The maximum absolute atomic E-state index is 13.5. The largest absolute Gasteiger partial charge is 0.489 e. The molecule has 0 saturated carbocycles. The normalized spacial score (nSPS) is 10.4. The van der Waals surface area contributed by atoms with Crippen molar-refractivity contribution in [2.45, 2.75) is 20.5 Å². The molecule has 4 heteroatoms. The van der Waals surface area contributed by atoms with Crippen LogP contribution in [0.1, 0.15) is 28.4 Å². The molecule has 0 aliphatic heterocycles. The lowest BCUT2D eigenvalue weighted by molar-refractivity contribution is 0.101. The number of ketones is 1. The second-order valence-corrected chi connectivity index (χ2v) is 4.54. The van der Waals surface area contributed by atoms with Crippen LogP contribution in [0.15, 0.2) is 36.4 Å². The summed E-state index contributed by atoms with van der Waals surface area (Å²) < 4.78 is 32.0. The minimum atomic E-state index is -0.898. The van der Waals surface area contributed by atoms with Crippen LogP contribution in [0.25, 0.3) is 0 Å². The van der Waals surface area contributed by atoms with E-state index in [1.54, 1.807) is 25.1 Å². The number of benzene rings is 2. The lowest BCUT2D eigenvalue weighted by atomic mass is 10.1. The summed E-state index contributed by atoms with van der Waals surface area (Å²) >= 11 is 0. The van der Waals surface area contributed by atoms with Crippen molar-refractivity contribution in [1.29, 1.82) is 0 Å². The fourth-order valence-electron chi connectivity index (χ4n) is 1.85. The van der Waals surface area contributed by atoms with Gasteiger partial charge in [0.15, 0.2) is 17.4 Å². The van der Waals surface area contributed by atoms with Crippen molar-refractivity contribution >= 4 is 5.78 Å². The zero-order chi connectivity index (χ0) is 14.7. The Morgan fingerprint density at radius 2 is 1.95 bits per heavy atom. The molecule has 104 valence electrons. The van der Waals surface area contributed by atoms with E-state index in [0.29, 0.717) is 11.3 Å². The zero-order valence-corrected chi connectivity index (χ0v) is 11.2. The van der Waals surface area contributed by atoms with E-state index < -0.39 is 11.6 Å². The summed E-state index contributed by atoms with van der Waals surface area (Å²) in [5.74, 6) is -1.28. The summed E-state index contributed by atoms with van der Waals surface area (Å²) in [6.07, 6.45) is 0. The molecule has 0 bridgehead atoms. The van der Waals surface area contributed by atoms with E-state index in [4.69, 9.17) is 4.74 Å². The molecular formula is C16H14F2O2. The average Bonchev–Trinajstić information content (AvgIpc) is 2.41. The molecular weight excluding hydrogens is 262 g/mol. The van der Waals surface area contributed by atoms with Gasteiger partial charge in [0.05, 0.1) is 0 Å². The maximum atomic E-state index is 13.5. The topological polar surface area (TPSA) is 26.3 Å². The van der Waals surface area contributed by atoms with Crippen LogP contribution in [-0.2, 0) is 6.61 Å². The molecule has 2 nitrogen and oxygen atoms in total. The first-order valence-electron chi connectivity index (χ1n) is 6.16. The Morgan fingerprint density at radius 3 is 2.60 bits per heavy atom. The van der Waals surface area contributed by atoms with E-state index >= 15 is 0 Å². The van der Waals surface area contributed by atoms with E-state index in [2.05, 4.69) is 0 Å². The van der Waals surface area contributed by atoms with Crippen molar-refractivity contribution in [3.8, 4) is 5.75 Å². The summed E-state index contributed by atoms with van der Waals surface area (Å²) in [4.78, 5) is 11.2. The predicted molar refractivity (Wildman–Crippen MR) is 71.9 cm³/mol. The van der Waals surface area contributed by atoms with E-state index in [9.17, 15) is 13.6 Å². The van der Waals surface area contributed by atoms with Crippen molar-refractivity contribution in [3.05, 3.63) is 64.7 Å². The minimum absolute atomic E-state index is 0.0316. The predicted octanol–water partition coefficient (Wildman–Crippen LogP) is 4.05. The number of ether oxygens (including phenoxy) is 1. The van der Waals surface area contributed by atoms with Gasteiger partial charge in [0.2, 0.25) is 0 Å². The van der Waals surface area contributed by atoms with Crippen LogP contribution in [0.5, 0.6) is 5.75 Å². The summed E-state index contributed by atoms with van der Waals surface area (Å²) in [6, 6.07) is 8.97. The number of Topliss-reactive ketones (excluding diaryl/α,β-unsaturated/α-hetero) is 1. The highest BCUT2D eigenvalue weighted by atomic mass is 19.2. The SMILES string of the molecule is CC(=O)c1ccc(OCc2cccc(F)c2F)c(C)c1. The number of hydrogen-bond acceptors (Lipinski definition) is 2. The monoisotopic (exact) mass is 276 g/mol. The number of carbonyl (C=O) groups excluding carboxylic acids is 1. The van der Waals surface area contributed by atoms with Crippen LogP contribution in [0.4, 0.5) is 8.78 Å². The van der Waals surface area contributed by atoms with Gasteiger partial charge >= 0.3 is 0 Å². The lowest BCUT2D eigenvalue weighted by Gasteiger charge is -2.10. The van der Waals surface area contributed by atoms with Crippen LogP contribution >= 0.6 is 0 Å².